The summed E-state index contributed by atoms with van der Waals surface area (Å²) in [5.74, 6) is -0.208. The fourth-order valence-electron chi connectivity index (χ4n) is 2.33. The number of nitriles is 1. The standard InChI is InChI=1S/C14H14ClNO3/c1-14(13(17)18)5-4-11(7-14)19-10-3-2-9(8-16)12(15)6-10/h2-3,6,11H,4-5,7H2,1H3,(H,17,18)/t11-,14-/m1/s1. The second-order valence-corrected chi connectivity index (χ2v) is 5.51. The molecular weight excluding hydrogens is 266 g/mol. The number of carbonyl (C=O) groups is 1. The second kappa shape index (κ2) is 5.10. The molecule has 1 N–H and O–H groups in total. The first-order chi connectivity index (χ1) is 8.94. The maximum Gasteiger partial charge on any atom is 0.309 e. The summed E-state index contributed by atoms with van der Waals surface area (Å²) in [5, 5.41) is 18.3. The van der Waals surface area contributed by atoms with E-state index in [1.165, 1.54) is 0 Å². The minimum absolute atomic E-state index is 0.120. The molecule has 1 aromatic carbocycles. The molecule has 5 heteroatoms. The molecule has 0 aliphatic heterocycles. The van der Waals surface area contributed by atoms with Crippen LogP contribution in [0.25, 0.3) is 0 Å². The Bertz CT molecular complexity index is 552. The molecule has 0 bridgehead atoms. The molecule has 1 aromatic rings. The molecule has 1 aliphatic rings. The third-order valence-electron chi connectivity index (χ3n) is 3.58. The zero-order valence-electron chi connectivity index (χ0n) is 10.5. The Balaban J connectivity index is 2.06. The van der Waals surface area contributed by atoms with Gasteiger partial charge in [0.25, 0.3) is 0 Å². The Morgan fingerprint density at radius 2 is 2.37 bits per heavy atom. The Kier molecular flexibility index (Phi) is 3.68. The molecule has 1 fully saturated rings. The summed E-state index contributed by atoms with van der Waals surface area (Å²) in [5.41, 5.74) is -0.308. The predicted molar refractivity (Wildman–Crippen MR) is 70.2 cm³/mol. The van der Waals surface area contributed by atoms with Crippen LogP contribution in [0.15, 0.2) is 18.2 Å². The summed E-state index contributed by atoms with van der Waals surface area (Å²) >= 11 is 5.92. The molecule has 0 spiro atoms. The average molecular weight is 280 g/mol. The number of carboxylic acids is 1. The summed E-state index contributed by atoms with van der Waals surface area (Å²) < 4.78 is 5.74. The fourth-order valence-corrected chi connectivity index (χ4v) is 2.55. The van der Waals surface area contributed by atoms with Gasteiger partial charge in [0.2, 0.25) is 0 Å². The quantitative estimate of drug-likeness (QED) is 0.922. The van der Waals surface area contributed by atoms with Crippen molar-refractivity contribution in [2.75, 3.05) is 0 Å². The van der Waals surface area contributed by atoms with Crippen LogP contribution in [0.1, 0.15) is 31.7 Å². The van der Waals surface area contributed by atoms with Crippen LogP contribution >= 0.6 is 11.6 Å². The lowest BCUT2D eigenvalue weighted by molar-refractivity contribution is -0.147. The van der Waals surface area contributed by atoms with Crippen molar-refractivity contribution in [1.29, 1.82) is 5.26 Å². The van der Waals surface area contributed by atoms with Gasteiger partial charge in [0.1, 0.15) is 11.8 Å². The van der Waals surface area contributed by atoms with Gasteiger partial charge < -0.3 is 9.84 Å². The number of carboxylic acid groups (broad SMARTS) is 1. The van der Waals surface area contributed by atoms with Crippen LogP contribution in [0.4, 0.5) is 0 Å². The first-order valence-corrected chi connectivity index (χ1v) is 6.42. The SMILES string of the molecule is C[C@@]1(C(=O)O)CC[C@@H](Oc2ccc(C#N)c(Cl)c2)C1. The first-order valence-electron chi connectivity index (χ1n) is 6.04. The Labute approximate surface area is 116 Å². The van der Waals surface area contributed by atoms with Crippen molar-refractivity contribution < 1.29 is 14.6 Å². The van der Waals surface area contributed by atoms with Crippen LogP contribution in [0.5, 0.6) is 5.75 Å². The molecule has 0 aromatic heterocycles. The lowest BCUT2D eigenvalue weighted by Gasteiger charge is -2.18. The summed E-state index contributed by atoms with van der Waals surface area (Å²) in [6.45, 7) is 1.74. The van der Waals surface area contributed by atoms with Crippen molar-refractivity contribution in [2.24, 2.45) is 5.41 Å². The van der Waals surface area contributed by atoms with Crippen molar-refractivity contribution in [3.05, 3.63) is 28.8 Å². The molecule has 0 radical (unpaired) electrons. The van der Waals surface area contributed by atoms with E-state index in [1.54, 1.807) is 25.1 Å². The number of nitrogens with zero attached hydrogens (tertiary/aromatic N) is 1. The number of hydrogen-bond acceptors (Lipinski definition) is 3. The van der Waals surface area contributed by atoms with Crippen LogP contribution in [0.2, 0.25) is 5.02 Å². The Morgan fingerprint density at radius 3 is 2.89 bits per heavy atom. The topological polar surface area (TPSA) is 70.3 Å². The highest BCUT2D eigenvalue weighted by molar-refractivity contribution is 6.31. The van der Waals surface area contributed by atoms with Crippen LogP contribution in [0.3, 0.4) is 0 Å². The molecular formula is C14H14ClNO3. The molecule has 0 saturated heterocycles. The summed E-state index contributed by atoms with van der Waals surface area (Å²) in [6.07, 6.45) is 1.68. The van der Waals surface area contributed by atoms with Crippen molar-refractivity contribution in [3.63, 3.8) is 0 Å². The van der Waals surface area contributed by atoms with Gasteiger partial charge in [-0.05, 0) is 31.9 Å². The van der Waals surface area contributed by atoms with Crippen molar-refractivity contribution >= 4 is 17.6 Å². The predicted octanol–water partition coefficient (Wildman–Crippen LogP) is 3.23. The maximum atomic E-state index is 11.1. The average Bonchev–Trinajstić information content (AvgIpc) is 2.73. The zero-order valence-corrected chi connectivity index (χ0v) is 11.3. The molecule has 1 saturated carbocycles. The van der Waals surface area contributed by atoms with Gasteiger partial charge in [0.05, 0.1) is 22.1 Å². The lowest BCUT2D eigenvalue weighted by Crippen LogP contribution is -2.25. The van der Waals surface area contributed by atoms with E-state index in [1.807, 2.05) is 6.07 Å². The summed E-state index contributed by atoms with van der Waals surface area (Å²) in [6, 6.07) is 6.85. The van der Waals surface area contributed by atoms with E-state index in [0.29, 0.717) is 35.6 Å². The monoisotopic (exact) mass is 279 g/mol. The van der Waals surface area contributed by atoms with E-state index in [4.69, 9.17) is 26.7 Å². The van der Waals surface area contributed by atoms with E-state index < -0.39 is 11.4 Å². The molecule has 2 atom stereocenters. The Morgan fingerprint density at radius 1 is 1.63 bits per heavy atom. The van der Waals surface area contributed by atoms with Crippen LogP contribution in [-0.4, -0.2) is 17.2 Å². The molecule has 100 valence electrons. The van der Waals surface area contributed by atoms with Gasteiger partial charge in [-0.3, -0.25) is 4.79 Å². The Hall–Kier alpha value is -1.73. The highest BCUT2D eigenvalue weighted by Gasteiger charge is 2.42. The zero-order chi connectivity index (χ0) is 14.0. The van der Waals surface area contributed by atoms with Crippen LogP contribution < -0.4 is 4.74 Å². The number of benzene rings is 1. The second-order valence-electron chi connectivity index (χ2n) is 5.10. The highest BCUT2D eigenvalue weighted by atomic mass is 35.5. The van der Waals surface area contributed by atoms with Gasteiger partial charge in [-0.2, -0.15) is 5.26 Å². The first kappa shape index (κ1) is 13.7. The smallest absolute Gasteiger partial charge is 0.309 e. The fraction of sp³-hybridized carbons (Fsp3) is 0.429. The van der Waals surface area contributed by atoms with E-state index in [2.05, 4.69) is 0 Å². The van der Waals surface area contributed by atoms with E-state index in [0.717, 1.165) is 0 Å². The van der Waals surface area contributed by atoms with Gasteiger partial charge in [0, 0.05) is 12.5 Å². The molecule has 19 heavy (non-hydrogen) atoms. The molecule has 0 heterocycles. The van der Waals surface area contributed by atoms with Crippen molar-refractivity contribution in [1.82, 2.24) is 0 Å². The third-order valence-corrected chi connectivity index (χ3v) is 3.89. The van der Waals surface area contributed by atoms with Crippen LogP contribution in [-0.2, 0) is 4.79 Å². The number of rotatable bonds is 3. The molecule has 2 rings (SSSR count). The van der Waals surface area contributed by atoms with Crippen LogP contribution in [0, 0.1) is 16.7 Å². The maximum absolute atomic E-state index is 11.1. The van der Waals surface area contributed by atoms with Gasteiger partial charge in [-0.15, -0.1) is 0 Å². The number of halogens is 1. The largest absolute Gasteiger partial charge is 0.490 e. The van der Waals surface area contributed by atoms with E-state index >= 15 is 0 Å². The van der Waals surface area contributed by atoms with E-state index in [9.17, 15) is 4.79 Å². The van der Waals surface area contributed by atoms with Crippen molar-refractivity contribution in [2.45, 2.75) is 32.3 Å². The molecule has 0 unspecified atom stereocenters. The number of aliphatic carboxylic acids is 1. The van der Waals surface area contributed by atoms with Crippen molar-refractivity contribution in [3.8, 4) is 11.8 Å². The van der Waals surface area contributed by atoms with Gasteiger partial charge in [-0.1, -0.05) is 11.6 Å². The minimum atomic E-state index is -0.781. The minimum Gasteiger partial charge on any atom is -0.490 e. The third kappa shape index (κ3) is 2.82. The lowest BCUT2D eigenvalue weighted by atomic mass is 9.89. The molecule has 0 amide bonds. The summed E-state index contributed by atoms with van der Waals surface area (Å²) in [4.78, 5) is 11.1. The summed E-state index contributed by atoms with van der Waals surface area (Å²) in [7, 11) is 0. The molecule has 1 aliphatic carbocycles. The number of hydrogen-bond donors (Lipinski definition) is 1. The molecule has 4 nitrogen and oxygen atoms in total. The number of ether oxygens (including phenoxy) is 1. The van der Waals surface area contributed by atoms with Gasteiger partial charge in [0.15, 0.2) is 0 Å². The van der Waals surface area contributed by atoms with Gasteiger partial charge in [-0.25, -0.2) is 0 Å². The van der Waals surface area contributed by atoms with E-state index in [-0.39, 0.29) is 6.10 Å². The normalized spacial score (nSPS) is 25.8. The highest BCUT2D eigenvalue weighted by Crippen LogP contribution is 2.40. The van der Waals surface area contributed by atoms with Gasteiger partial charge >= 0.3 is 5.97 Å².